The minimum Gasteiger partial charge on any atom is -0.345 e. The molecule has 3 amide bonds. The number of likely N-dealkylation sites (tertiary alicyclic amines) is 3. The molecule has 5 atom stereocenters. The number of hydrogen-bond acceptors (Lipinski definition) is 5. The predicted octanol–water partition coefficient (Wildman–Crippen LogP) is 1.89. The van der Waals surface area contributed by atoms with Gasteiger partial charge in [0.1, 0.15) is 6.04 Å². The van der Waals surface area contributed by atoms with E-state index in [2.05, 4.69) is 11.0 Å². The number of piperazine rings is 1. The SMILES string of the molecule is C[C@@H](CN1C[C@H]2C[C@@H]1C(=O)N2[C@@H](C)c1ccc(C(=O)N(C)C)cc1)C(=O)N1CCC[C@H]1C#N. The molecule has 3 heterocycles. The van der Waals surface area contributed by atoms with E-state index in [1.165, 1.54) is 0 Å². The van der Waals surface area contributed by atoms with Crippen molar-refractivity contribution < 1.29 is 14.4 Å². The molecule has 33 heavy (non-hydrogen) atoms. The van der Waals surface area contributed by atoms with Crippen molar-refractivity contribution in [3.05, 3.63) is 35.4 Å². The van der Waals surface area contributed by atoms with Crippen molar-refractivity contribution in [3.63, 3.8) is 0 Å². The van der Waals surface area contributed by atoms with E-state index >= 15 is 0 Å². The molecular weight excluding hydrogens is 418 g/mol. The fourth-order valence-electron chi connectivity index (χ4n) is 5.60. The first-order valence-electron chi connectivity index (χ1n) is 11.8. The molecule has 0 N–H and O–H groups in total. The summed E-state index contributed by atoms with van der Waals surface area (Å²) < 4.78 is 0. The van der Waals surface area contributed by atoms with Crippen LogP contribution >= 0.6 is 0 Å². The summed E-state index contributed by atoms with van der Waals surface area (Å²) in [6.07, 6.45) is 2.41. The Kier molecular flexibility index (Phi) is 6.44. The van der Waals surface area contributed by atoms with Crippen molar-refractivity contribution in [2.45, 2.75) is 57.3 Å². The highest BCUT2D eigenvalue weighted by molar-refractivity contribution is 5.94. The van der Waals surface area contributed by atoms with Gasteiger partial charge in [-0.25, -0.2) is 0 Å². The molecule has 8 nitrogen and oxygen atoms in total. The molecule has 0 spiro atoms. The van der Waals surface area contributed by atoms with Gasteiger partial charge in [-0.2, -0.15) is 5.26 Å². The summed E-state index contributed by atoms with van der Waals surface area (Å²) in [6, 6.07) is 9.29. The summed E-state index contributed by atoms with van der Waals surface area (Å²) in [6.45, 7) is 5.90. The van der Waals surface area contributed by atoms with Crippen molar-refractivity contribution in [1.82, 2.24) is 19.6 Å². The number of hydrogen-bond donors (Lipinski definition) is 0. The summed E-state index contributed by atoms with van der Waals surface area (Å²) in [5.74, 6) is -0.145. The summed E-state index contributed by atoms with van der Waals surface area (Å²) in [5, 5.41) is 9.29. The third kappa shape index (κ3) is 4.22. The van der Waals surface area contributed by atoms with E-state index in [4.69, 9.17) is 0 Å². The lowest BCUT2D eigenvalue weighted by atomic mass is 10.0. The first kappa shape index (κ1) is 23.2. The maximum atomic E-state index is 13.2. The molecule has 4 rings (SSSR count). The van der Waals surface area contributed by atoms with Crippen LogP contribution in [0.1, 0.15) is 55.1 Å². The molecule has 0 aliphatic carbocycles. The van der Waals surface area contributed by atoms with Crippen molar-refractivity contribution in [1.29, 1.82) is 5.26 Å². The normalized spacial score (nSPS) is 26.4. The summed E-state index contributed by atoms with van der Waals surface area (Å²) in [5.41, 5.74) is 1.64. The highest BCUT2D eigenvalue weighted by Crippen LogP contribution is 2.38. The number of carbonyl (C=O) groups excluding carboxylic acids is 3. The molecule has 8 heteroatoms. The van der Waals surface area contributed by atoms with Crippen LogP contribution in [0.2, 0.25) is 0 Å². The standard InChI is InChI=1S/C25H33N5O3/c1-16(23(31)29-11-5-6-20(29)13-26)14-28-15-21-12-22(28)25(33)30(21)17(2)18-7-9-19(10-8-18)24(32)27(3)4/h7-10,16-17,20-22H,5-6,11-12,14-15H2,1-4H3/t16-,17-,20-,21+,22+/m0/s1. The number of amides is 3. The van der Waals surface area contributed by atoms with E-state index in [0.29, 0.717) is 18.7 Å². The predicted molar refractivity (Wildman–Crippen MR) is 123 cm³/mol. The number of nitrogens with zero attached hydrogens (tertiary/aromatic N) is 5. The molecule has 2 bridgehead atoms. The van der Waals surface area contributed by atoms with E-state index in [0.717, 1.165) is 31.4 Å². The lowest BCUT2D eigenvalue weighted by Crippen LogP contribution is -2.53. The maximum absolute atomic E-state index is 13.2. The molecule has 176 valence electrons. The molecule has 0 aromatic heterocycles. The van der Waals surface area contributed by atoms with Gasteiger partial charge in [0.25, 0.3) is 5.91 Å². The Labute approximate surface area is 195 Å². The van der Waals surface area contributed by atoms with Gasteiger partial charge >= 0.3 is 0 Å². The third-order valence-corrected chi connectivity index (χ3v) is 7.39. The molecule has 1 aromatic carbocycles. The lowest BCUT2D eigenvalue weighted by Gasteiger charge is -2.38. The van der Waals surface area contributed by atoms with Crippen molar-refractivity contribution in [2.24, 2.45) is 5.92 Å². The largest absolute Gasteiger partial charge is 0.345 e. The average Bonchev–Trinajstić information content (AvgIpc) is 3.52. The summed E-state index contributed by atoms with van der Waals surface area (Å²) >= 11 is 0. The van der Waals surface area contributed by atoms with Crippen LogP contribution in [0, 0.1) is 17.2 Å². The van der Waals surface area contributed by atoms with Crippen molar-refractivity contribution in [3.8, 4) is 6.07 Å². The van der Waals surface area contributed by atoms with Gasteiger partial charge in [0.05, 0.1) is 18.2 Å². The van der Waals surface area contributed by atoms with E-state index in [9.17, 15) is 19.6 Å². The second-order valence-electron chi connectivity index (χ2n) is 9.82. The Bertz CT molecular complexity index is 969. The average molecular weight is 452 g/mol. The Morgan fingerprint density at radius 3 is 2.52 bits per heavy atom. The van der Waals surface area contributed by atoms with Gasteiger partial charge in [0.15, 0.2) is 0 Å². The minimum absolute atomic E-state index is 0.0202. The Balaban J connectivity index is 1.38. The van der Waals surface area contributed by atoms with Crippen molar-refractivity contribution >= 4 is 17.7 Å². The Hall–Kier alpha value is -2.92. The van der Waals surface area contributed by atoms with E-state index in [1.807, 2.05) is 43.0 Å². The van der Waals surface area contributed by atoms with Crippen LogP contribution in [0.5, 0.6) is 0 Å². The van der Waals surface area contributed by atoms with E-state index in [1.54, 1.807) is 23.9 Å². The zero-order valence-corrected chi connectivity index (χ0v) is 19.9. The van der Waals surface area contributed by atoms with E-state index in [-0.39, 0.29) is 47.8 Å². The number of fused-ring (bicyclic) bond motifs is 2. The fourth-order valence-corrected chi connectivity index (χ4v) is 5.60. The van der Waals surface area contributed by atoms with Gasteiger partial charge in [-0.15, -0.1) is 0 Å². The van der Waals surface area contributed by atoms with Gasteiger partial charge in [-0.3, -0.25) is 19.3 Å². The maximum Gasteiger partial charge on any atom is 0.253 e. The van der Waals surface area contributed by atoms with Gasteiger partial charge in [0.2, 0.25) is 11.8 Å². The quantitative estimate of drug-likeness (QED) is 0.659. The molecule has 0 radical (unpaired) electrons. The van der Waals surface area contributed by atoms with Crippen LogP contribution in [-0.4, -0.2) is 89.2 Å². The van der Waals surface area contributed by atoms with Crippen LogP contribution in [0.3, 0.4) is 0 Å². The van der Waals surface area contributed by atoms with Gasteiger partial charge in [0, 0.05) is 51.3 Å². The second kappa shape index (κ2) is 9.14. The molecule has 0 saturated carbocycles. The van der Waals surface area contributed by atoms with Crippen LogP contribution < -0.4 is 0 Å². The molecule has 3 aliphatic heterocycles. The van der Waals surface area contributed by atoms with Gasteiger partial charge in [-0.05, 0) is 43.9 Å². The number of carbonyl (C=O) groups is 3. The first-order valence-corrected chi connectivity index (χ1v) is 11.8. The van der Waals surface area contributed by atoms with Crippen molar-refractivity contribution in [2.75, 3.05) is 33.7 Å². The van der Waals surface area contributed by atoms with Crippen LogP contribution in [0.4, 0.5) is 0 Å². The number of rotatable bonds is 6. The summed E-state index contributed by atoms with van der Waals surface area (Å²) in [7, 11) is 3.46. The lowest BCUT2D eigenvalue weighted by molar-refractivity contribution is -0.142. The number of benzene rings is 1. The zero-order chi connectivity index (χ0) is 23.9. The van der Waals surface area contributed by atoms with Crippen LogP contribution in [0.15, 0.2) is 24.3 Å². The smallest absolute Gasteiger partial charge is 0.253 e. The third-order valence-electron chi connectivity index (χ3n) is 7.39. The number of nitriles is 1. The van der Waals surface area contributed by atoms with Crippen LogP contribution in [0.25, 0.3) is 0 Å². The highest BCUT2D eigenvalue weighted by atomic mass is 16.2. The Morgan fingerprint density at radius 2 is 1.91 bits per heavy atom. The molecule has 3 fully saturated rings. The van der Waals surface area contributed by atoms with Crippen LogP contribution in [-0.2, 0) is 9.59 Å². The first-order chi connectivity index (χ1) is 15.7. The highest BCUT2D eigenvalue weighted by Gasteiger charge is 2.51. The zero-order valence-electron chi connectivity index (χ0n) is 19.9. The van der Waals surface area contributed by atoms with Gasteiger partial charge in [-0.1, -0.05) is 19.1 Å². The molecule has 3 aliphatic rings. The fraction of sp³-hybridized carbons (Fsp3) is 0.600. The Morgan fingerprint density at radius 1 is 1.21 bits per heavy atom. The molecule has 3 saturated heterocycles. The second-order valence-corrected chi connectivity index (χ2v) is 9.82. The minimum atomic E-state index is -0.313. The molecule has 0 unspecified atom stereocenters. The van der Waals surface area contributed by atoms with Gasteiger partial charge < -0.3 is 14.7 Å². The van der Waals surface area contributed by atoms with E-state index < -0.39 is 0 Å². The molecule has 1 aromatic rings. The summed E-state index contributed by atoms with van der Waals surface area (Å²) in [4.78, 5) is 45.7. The topological polar surface area (TPSA) is 88.0 Å². The monoisotopic (exact) mass is 451 g/mol. The molecular formula is C25H33N5O3.